The molecule has 0 aliphatic rings. The normalized spacial score (nSPS) is 14.9. The molecular formula is C47H76NO9P. The number of carbonyl (C=O) groups excluding carboxylic acids is 2. The zero-order valence-electron chi connectivity index (χ0n) is 35.6. The summed E-state index contributed by atoms with van der Waals surface area (Å²) in [6.45, 7) is 3.40. The molecular weight excluding hydrogens is 753 g/mol. The molecule has 0 amide bonds. The van der Waals surface area contributed by atoms with E-state index in [1.54, 1.807) is 6.08 Å². The fraction of sp³-hybridized carbons (Fsp3) is 0.574. The lowest BCUT2D eigenvalue weighted by atomic mass is 10.1. The van der Waals surface area contributed by atoms with E-state index in [0.717, 1.165) is 32.1 Å². The number of aliphatic hydroxyl groups is 1. The van der Waals surface area contributed by atoms with Gasteiger partial charge in [0.2, 0.25) is 0 Å². The van der Waals surface area contributed by atoms with Crippen molar-refractivity contribution < 1.29 is 42.7 Å². The van der Waals surface area contributed by atoms with E-state index in [1.165, 1.54) is 44.9 Å². The first-order valence-corrected chi connectivity index (χ1v) is 23.0. The van der Waals surface area contributed by atoms with E-state index in [4.69, 9.17) is 24.3 Å². The lowest BCUT2D eigenvalue weighted by molar-refractivity contribution is -0.161. The minimum absolute atomic E-state index is 0.0191. The molecule has 0 saturated carbocycles. The Hall–Kier alpha value is -3.37. The number of unbranched alkanes of at least 4 members (excludes halogenated alkanes) is 7. The number of aliphatic hydroxyl groups excluding tert-OH is 1. The van der Waals surface area contributed by atoms with Gasteiger partial charge >= 0.3 is 19.8 Å². The van der Waals surface area contributed by atoms with Crippen LogP contribution in [0.5, 0.6) is 0 Å². The van der Waals surface area contributed by atoms with E-state index in [9.17, 15) is 24.2 Å². The Kier molecular flexibility index (Phi) is 39.4. The zero-order chi connectivity index (χ0) is 42.6. The third kappa shape index (κ3) is 40.8. The van der Waals surface area contributed by atoms with Gasteiger partial charge in [-0.2, -0.15) is 0 Å². The van der Waals surface area contributed by atoms with E-state index < -0.39 is 38.6 Å². The van der Waals surface area contributed by atoms with Gasteiger partial charge in [0.25, 0.3) is 0 Å². The number of nitrogens with two attached hydrogens (primary N) is 1. The molecule has 4 N–H and O–H groups in total. The molecule has 0 aliphatic carbocycles. The van der Waals surface area contributed by atoms with Crippen LogP contribution in [0.25, 0.3) is 0 Å². The maximum atomic E-state index is 12.6. The van der Waals surface area contributed by atoms with Gasteiger partial charge in [-0.05, 0) is 83.5 Å². The zero-order valence-corrected chi connectivity index (χ0v) is 36.5. The molecule has 0 heterocycles. The van der Waals surface area contributed by atoms with Crippen LogP contribution >= 0.6 is 7.82 Å². The van der Waals surface area contributed by atoms with Gasteiger partial charge in [0.05, 0.1) is 19.3 Å². The van der Waals surface area contributed by atoms with Crippen LogP contribution in [0.2, 0.25) is 0 Å². The van der Waals surface area contributed by atoms with Crippen LogP contribution in [0.4, 0.5) is 0 Å². The van der Waals surface area contributed by atoms with E-state index >= 15 is 0 Å². The summed E-state index contributed by atoms with van der Waals surface area (Å²) in [6.07, 6.45) is 51.7. The summed E-state index contributed by atoms with van der Waals surface area (Å²) >= 11 is 0. The van der Waals surface area contributed by atoms with Crippen molar-refractivity contribution in [3.8, 4) is 0 Å². The largest absolute Gasteiger partial charge is 0.472 e. The van der Waals surface area contributed by atoms with Crippen molar-refractivity contribution in [2.24, 2.45) is 5.73 Å². The summed E-state index contributed by atoms with van der Waals surface area (Å²) in [5.41, 5.74) is 5.33. The Morgan fingerprint density at radius 1 is 0.603 bits per heavy atom. The molecule has 10 nitrogen and oxygen atoms in total. The van der Waals surface area contributed by atoms with Gasteiger partial charge in [0, 0.05) is 19.4 Å². The molecule has 11 heteroatoms. The number of phosphoric ester groups is 1. The van der Waals surface area contributed by atoms with Crippen molar-refractivity contribution in [3.05, 3.63) is 109 Å². The fourth-order valence-corrected chi connectivity index (χ4v) is 5.75. The summed E-state index contributed by atoms with van der Waals surface area (Å²) in [5, 5.41) is 10.0. The summed E-state index contributed by atoms with van der Waals surface area (Å²) in [6, 6.07) is 0. The highest BCUT2D eigenvalue weighted by Gasteiger charge is 2.25. The SMILES string of the molecule is CCCCC/C=C\C/C=C\C/C=C\C/C=C\C/C=C\CCC(=O)OC[C@H](COP(=O)(O)OCCN)OC(=O)CCC/C=C\C/C=C\C=C\[C@@H](O)C/C=C\CCCCC. The van der Waals surface area contributed by atoms with Crippen molar-refractivity contribution in [1.82, 2.24) is 0 Å². The van der Waals surface area contributed by atoms with Crippen LogP contribution < -0.4 is 5.73 Å². The topological polar surface area (TPSA) is 155 Å². The molecule has 0 rings (SSSR count). The first-order valence-electron chi connectivity index (χ1n) is 21.5. The monoisotopic (exact) mass is 830 g/mol. The van der Waals surface area contributed by atoms with Crippen LogP contribution in [0, 0.1) is 0 Å². The highest BCUT2D eigenvalue weighted by Crippen LogP contribution is 2.43. The molecule has 0 aromatic carbocycles. The molecule has 328 valence electrons. The first-order chi connectivity index (χ1) is 28.2. The highest BCUT2D eigenvalue weighted by atomic mass is 31.2. The van der Waals surface area contributed by atoms with Crippen molar-refractivity contribution in [2.75, 3.05) is 26.4 Å². The summed E-state index contributed by atoms with van der Waals surface area (Å²) in [5.74, 6) is -1.04. The Morgan fingerprint density at radius 3 is 1.69 bits per heavy atom. The van der Waals surface area contributed by atoms with Gasteiger partial charge in [-0.3, -0.25) is 18.6 Å². The third-order valence-electron chi connectivity index (χ3n) is 8.23. The average molecular weight is 830 g/mol. The first kappa shape index (κ1) is 54.6. The Labute approximate surface area is 351 Å². The van der Waals surface area contributed by atoms with Crippen LogP contribution in [0.15, 0.2) is 109 Å². The molecule has 3 atom stereocenters. The van der Waals surface area contributed by atoms with E-state index in [-0.39, 0.29) is 32.6 Å². The smallest absolute Gasteiger partial charge is 0.462 e. The van der Waals surface area contributed by atoms with Gasteiger partial charge in [-0.15, -0.1) is 0 Å². The molecule has 58 heavy (non-hydrogen) atoms. The van der Waals surface area contributed by atoms with Gasteiger partial charge in [0.1, 0.15) is 6.61 Å². The second kappa shape index (κ2) is 41.8. The van der Waals surface area contributed by atoms with E-state index in [1.807, 2.05) is 48.6 Å². The van der Waals surface area contributed by atoms with Gasteiger partial charge in [0.15, 0.2) is 6.10 Å². The Morgan fingerprint density at radius 2 is 1.12 bits per heavy atom. The average Bonchev–Trinajstić information content (AvgIpc) is 3.21. The van der Waals surface area contributed by atoms with Crippen LogP contribution in [-0.4, -0.2) is 60.5 Å². The van der Waals surface area contributed by atoms with Crippen LogP contribution in [0.1, 0.15) is 136 Å². The molecule has 0 radical (unpaired) electrons. The minimum atomic E-state index is -4.43. The molecule has 0 spiro atoms. The van der Waals surface area contributed by atoms with E-state index in [0.29, 0.717) is 32.1 Å². The Balaban J connectivity index is 4.47. The molecule has 0 aromatic heterocycles. The van der Waals surface area contributed by atoms with Crippen LogP contribution in [0.3, 0.4) is 0 Å². The standard InChI is InChI=1S/C47H76NO9P/c1-3-5-7-9-11-12-13-14-15-16-17-18-19-20-21-22-26-30-34-38-46(50)54-42-45(43-56-58(52,53)55-41-40-48)57-47(51)39-35-31-27-24-23-25-29-33-37-44(49)36-32-28-10-8-6-4-2/h11-12,14-15,17-18,20-21,24-30,32-33,37,44-45,49H,3-10,13,16,19,22-23,31,34-36,38-43,48H2,1-2H3,(H,52,53)/b12-11-,15-14-,18-17-,21-20-,27-24-,29-25-,30-26-,32-28-,37-33+/t44-,45+/m0/s1. The van der Waals surface area contributed by atoms with Crippen molar-refractivity contribution in [1.29, 1.82) is 0 Å². The molecule has 0 bridgehead atoms. The molecule has 1 unspecified atom stereocenters. The van der Waals surface area contributed by atoms with E-state index in [2.05, 4.69) is 68.5 Å². The van der Waals surface area contributed by atoms with Crippen LogP contribution in [-0.2, 0) is 32.7 Å². The number of carbonyl (C=O) groups is 2. The number of rotatable bonds is 38. The number of allylic oxidation sites excluding steroid dienone is 16. The predicted molar refractivity (Wildman–Crippen MR) is 239 cm³/mol. The summed E-state index contributed by atoms with van der Waals surface area (Å²) in [4.78, 5) is 34.8. The third-order valence-corrected chi connectivity index (χ3v) is 9.21. The van der Waals surface area contributed by atoms with Gasteiger partial charge < -0.3 is 25.2 Å². The summed E-state index contributed by atoms with van der Waals surface area (Å²) < 4.78 is 32.6. The number of ether oxygens (including phenoxy) is 2. The lowest BCUT2D eigenvalue weighted by Crippen LogP contribution is -2.29. The second-order valence-electron chi connectivity index (χ2n) is 13.7. The fourth-order valence-electron chi connectivity index (χ4n) is 4.99. The molecule has 0 fully saturated rings. The molecule has 0 aliphatic heterocycles. The second-order valence-corrected chi connectivity index (χ2v) is 15.2. The molecule has 0 aromatic rings. The maximum Gasteiger partial charge on any atom is 0.472 e. The maximum absolute atomic E-state index is 12.6. The highest BCUT2D eigenvalue weighted by molar-refractivity contribution is 7.47. The van der Waals surface area contributed by atoms with Gasteiger partial charge in [-0.1, -0.05) is 149 Å². The Bertz CT molecular complexity index is 1330. The predicted octanol–water partition coefficient (Wildman–Crippen LogP) is 11.4. The number of esters is 2. The lowest BCUT2D eigenvalue weighted by Gasteiger charge is -2.19. The number of phosphoric acid groups is 1. The summed E-state index contributed by atoms with van der Waals surface area (Å²) in [7, 11) is -4.43. The van der Waals surface area contributed by atoms with Crippen molar-refractivity contribution >= 4 is 19.8 Å². The number of hydrogen-bond acceptors (Lipinski definition) is 9. The van der Waals surface area contributed by atoms with Crippen molar-refractivity contribution in [2.45, 2.75) is 148 Å². The van der Waals surface area contributed by atoms with Gasteiger partial charge in [-0.25, -0.2) is 4.57 Å². The minimum Gasteiger partial charge on any atom is -0.462 e. The van der Waals surface area contributed by atoms with Crippen molar-refractivity contribution in [3.63, 3.8) is 0 Å². The molecule has 0 saturated heterocycles. The quantitative estimate of drug-likeness (QED) is 0.0180. The number of hydrogen-bond donors (Lipinski definition) is 3.